The summed E-state index contributed by atoms with van der Waals surface area (Å²) in [5, 5.41) is 19.7. The molecule has 0 saturated heterocycles. The summed E-state index contributed by atoms with van der Waals surface area (Å²) in [7, 11) is 1.61. The maximum atomic E-state index is 10.5. The van der Waals surface area contributed by atoms with Crippen LogP contribution in [0.1, 0.15) is 10.6 Å². The van der Waals surface area contributed by atoms with E-state index in [0.717, 1.165) is 0 Å². The van der Waals surface area contributed by atoms with Gasteiger partial charge in [0, 0.05) is 0 Å². The van der Waals surface area contributed by atoms with Crippen LogP contribution in [0.15, 0.2) is 16.5 Å². The Bertz CT molecular complexity index is 473. The van der Waals surface area contributed by atoms with E-state index in [2.05, 4.69) is 15.4 Å². The Morgan fingerprint density at radius 3 is 2.86 bits per heavy atom. The number of tetrazole rings is 1. The fourth-order valence-corrected chi connectivity index (χ4v) is 0.956. The Labute approximate surface area is 78.0 Å². The van der Waals surface area contributed by atoms with E-state index < -0.39 is 5.97 Å². The maximum absolute atomic E-state index is 10.5. The lowest BCUT2D eigenvalue weighted by Crippen LogP contribution is -1.92. The van der Waals surface area contributed by atoms with Crippen molar-refractivity contribution in [2.45, 2.75) is 0 Å². The lowest BCUT2D eigenvalue weighted by Gasteiger charge is -1.86. The molecule has 0 aliphatic carbocycles. The van der Waals surface area contributed by atoms with Crippen molar-refractivity contribution >= 4 is 5.97 Å². The molecule has 2 rings (SSSR count). The van der Waals surface area contributed by atoms with E-state index in [1.165, 1.54) is 16.9 Å². The molecular formula is C7H6N4O3. The highest BCUT2D eigenvalue weighted by Crippen LogP contribution is 2.16. The molecule has 14 heavy (non-hydrogen) atoms. The van der Waals surface area contributed by atoms with Gasteiger partial charge < -0.3 is 9.52 Å². The summed E-state index contributed by atoms with van der Waals surface area (Å²) in [5.41, 5.74) is 0. The van der Waals surface area contributed by atoms with Crippen molar-refractivity contribution in [1.29, 1.82) is 0 Å². The number of hydrogen-bond donors (Lipinski definition) is 1. The molecule has 0 spiro atoms. The van der Waals surface area contributed by atoms with Crippen LogP contribution in [0, 0.1) is 0 Å². The topological polar surface area (TPSA) is 94.0 Å². The molecule has 2 aromatic heterocycles. The Balaban J connectivity index is 2.38. The number of aromatic nitrogens is 4. The third kappa shape index (κ3) is 1.35. The highest BCUT2D eigenvalue weighted by molar-refractivity contribution is 5.84. The average molecular weight is 194 g/mol. The molecule has 7 nitrogen and oxygen atoms in total. The zero-order valence-electron chi connectivity index (χ0n) is 7.21. The summed E-state index contributed by atoms with van der Waals surface area (Å²) in [6, 6.07) is 2.83. The second-order valence-corrected chi connectivity index (χ2v) is 2.57. The first kappa shape index (κ1) is 8.42. The molecule has 0 saturated carbocycles. The zero-order valence-corrected chi connectivity index (χ0v) is 7.21. The van der Waals surface area contributed by atoms with Gasteiger partial charge in [-0.15, -0.1) is 10.2 Å². The van der Waals surface area contributed by atoms with Crippen LogP contribution in [0.2, 0.25) is 0 Å². The molecule has 72 valence electrons. The lowest BCUT2D eigenvalue weighted by molar-refractivity contribution is 0.0663. The highest BCUT2D eigenvalue weighted by atomic mass is 16.4. The molecule has 1 N–H and O–H groups in total. The highest BCUT2D eigenvalue weighted by Gasteiger charge is 2.13. The van der Waals surface area contributed by atoms with Gasteiger partial charge in [-0.05, 0) is 17.3 Å². The molecule has 0 amide bonds. The maximum Gasteiger partial charge on any atom is 0.371 e. The minimum absolute atomic E-state index is 0.146. The largest absolute Gasteiger partial charge is 0.475 e. The smallest absolute Gasteiger partial charge is 0.371 e. The molecule has 0 aliphatic rings. The minimum Gasteiger partial charge on any atom is -0.475 e. The molecule has 0 bridgehead atoms. The third-order valence-corrected chi connectivity index (χ3v) is 1.55. The van der Waals surface area contributed by atoms with E-state index in [4.69, 9.17) is 9.52 Å². The summed E-state index contributed by atoms with van der Waals surface area (Å²) in [4.78, 5) is 11.8. The van der Waals surface area contributed by atoms with E-state index in [1.807, 2.05) is 0 Å². The summed E-state index contributed by atoms with van der Waals surface area (Å²) in [6.07, 6.45) is 0. The summed E-state index contributed by atoms with van der Waals surface area (Å²) in [6.45, 7) is 0. The van der Waals surface area contributed by atoms with E-state index >= 15 is 0 Å². The number of rotatable bonds is 2. The number of carbonyl (C=O) groups is 1. The molecule has 2 aromatic rings. The molecule has 0 aliphatic heterocycles. The molecule has 0 atom stereocenters. The monoisotopic (exact) mass is 194 g/mol. The Morgan fingerprint density at radius 1 is 1.57 bits per heavy atom. The molecule has 7 heteroatoms. The van der Waals surface area contributed by atoms with E-state index in [9.17, 15) is 4.79 Å². The molecule has 0 radical (unpaired) electrons. The molecular weight excluding hydrogens is 188 g/mol. The van der Waals surface area contributed by atoms with E-state index in [0.29, 0.717) is 0 Å². The lowest BCUT2D eigenvalue weighted by atomic mass is 10.4. The predicted octanol–water partition coefficient (Wildman–Crippen LogP) is 0.168. The Hall–Kier alpha value is -2.18. The quantitative estimate of drug-likeness (QED) is 0.732. The minimum atomic E-state index is -1.12. The van der Waals surface area contributed by atoms with Crippen LogP contribution >= 0.6 is 0 Å². The third-order valence-electron chi connectivity index (χ3n) is 1.55. The first-order chi connectivity index (χ1) is 6.66. The van der Waals surface area contributed by atoms with Gasteiger partial charge in [0.1, 0.15) is 0 Å². The van der Waals surface area contributed by atoms with E-state index in [1.54, 1.807) is 7.05 Å². The van der Waals surface area contributed by atoms with Crippen molar-refractivity contribution in [1.82, 2.24) is 20.2 Å². The van der Waals surface area contributed by atoms with Crippen molar-refractivity contribution in [3.63, 3.8) is 0 Å². The summed E-state index contributed by atoms with van der Waals surface area (Å²) >= 11 is 0. The number of hydrogen-bond acceptors (Lipinski definition) is 5. The second-order valence-electron chi connectivity index (χ2n) is 2.57. The fourth-order valence-electron chi connectivity index (χ4n) is 0.956. The van der Waals surface area contributed by atoms with Gasteiger partial charge in [-0.25, -0.2) is 4.79 Å². The van der Waals surface area contributed by atoms with Crippen molar-refractivity contribution in [2.24, 2.45) is 7.05 Å². The normalized spacial score (nSPS) is 10.4. The van der Waals surface area contributed by atoms with Gasteiger partial charge in [0.15, 0.2) is 5.76 Å². The van der Waals surface area contributed by atoms with Gasteiger partial charge in [-0.1, -0.05) is 0 Å². The number of aryl methyl sites for hydroxylation is 1. The van der Waals surface area contributed by atoms with Crippen molar-refractivity contribution < 1.29 is 14.3 Å². The standard InChI is InChI=1S/C7H6N4O3/c1-11-9-6(8-10-11)4-2-3-5(14-4)7(12)13/h2-3H,1H3,(H,12,13). The predicted molar refractivity (Wildman–Crippen MR) is 43.5 cm³/mol. The van der Waals surface area contributed by atoms with Crippen LogP contribution in [0.25, 0.3) is 11.6 Å². The molecule has 0 aromatic carbocycles. The Kier molecular flexibility index (Phi) is 1.77. The molecule has 0 fully saturated rings. The average Bonchev–Trinajstić information content (AvgIpc) is 2.70. The van der Waals surface area contributed by atoms with Crippen LogP contribution in [0.4, 0.5) is 0 Å². The SMILES string of the molecule is Cn1nnc(-c2ccc(C(=O)O)o2)n1. The van der Waals surface area contributed by atoms with Crippen LogP contribution in [-0.4, -0.2) is 31.3 Å². The summed E-state index contributed by atoms with van der Waals surface area (Å²) < 4.78 is 4.97. The van der Waals surface area contributed by atoms with Gasteiger partial charge in [0.2, 0.25) is 11.6 Å². The number of aromatic carboxylic acids is 1. The van der Waals surface area contributed by atoms with Gasteiger partial charge >= 0.3 is 5.97 Å². The van der Waals surface area contributed by atoms with Gasteiger partial charge in [0.05, 0.1) is 7.05 Å². The van der Waals surface area contributed by atoms with E-state index in [-0.39, 0.29) is 17.3 Å². The number of carboxylic acids is 1. The summed E-state index contributed by atoms with van der Waals surface area (Å²) in [5.74, 6) is -0.719. The fraction of sp³-hybridized carbons (Fsp3) is 0.143. The zero-order chi connectivity index (χ0) is 10.1. The van der Waals surface area contributed by atoms with Crippen molar-refractivity contribution in [2.75, 3.05) is 0 Å². The van der Waals surface area contributed by atoms with Crippen LogP contribution < -0.4 is 0 Å². The van der Waals surface area contributed by atoms with Gasteiger partial charge in [-0.3, -0.25) is 0 Å². The molecule has 0 unspecified atom stereocenters. The van der Waals surface area contributed by atoms with Gasteiger partial charge in [-0.2, -0.15) is 4.80 Å². The number of nitrogens with zero attached hydrogens (tertiary/aromatic N) is 4. The number of furan rings is 1. The van der Waals surface area contributed by atoms with Crippen LogP contribution in [-0.2, 0) is 7.05 Å². The first-order valence-corrected chi connectivity index (χ1v) is 3.74. The van der Waals surface area contributed by atoms with Crippen molar-refractivity contribution in [3.8, 4) is 11.6 Å². The van der Waals surface area contributed by atoms with Crippen molar-refractivity contribution in [3.05, 3.63) is 17.9 Å². The Morgan fingerprint density at radius 2 is 2.36 bits per heavy atom. The van der Waals surface area contributed by atoms with Crippen LogP contribution in [0.5, 0.6) is 0 Å². The van der Waals surface area contributed by atoms with Crippen LogP contribution in [0.3, 0.4) is 0 Å². The second kappa shape index (κ2) is 2.95. The number of carboxylic acid groups (broad SMARTS) is 1. The first-order valence-electron chi connectivity index (χ1n) is 3.74. The molecule has 2 heterocycles. The van der Waals surface area contributed by atoms with Gasteiger partial charge in [0.25, 0.3) is 0 Å².